The first-order valence-electron chi connectivity index (χ1n) is 11.6. The molecule has 1 atom stereocenters. The van der Waals surface area contributed by atoms with Crippen molar-refractivity contribution in [1.82, 2.24) is 14.1 Å². The lowest BCUT2D eigenvalue weighted by Gasteiger charge is -2.30. The molecule has 35 heavy (non-hydrogen) atoms. The highest BCUT2D eigenvalue weighted by Crippen LogP contribution is 2.43. The van der Waals surface area contributed by atoms with E-state index in [1.54, 1.807) is 4.68 Å². The van der Waals surface area contributed by atoms with Crippen LogP contribution >= 0.6 is 0 Å². The summed E-state index contributed by atoms with van der Waals surface area (Å²) in [5, 5.41) is 15.8. The molecule has 0 unspecified atom stereocenters. The van der Waals surface area contributed by atoms with Crippen LogP contribution in [-0.2, 0) is 16.4 Å². The van der Waals surface area contributed by atoms with Crippen LogP contribution in [0.3, 0.4) is 0 Å². The molecule has 1 aromatic heterocycles. The predicted octanol–water partition coefficient (Wildman–Crippen LogP) is 4.46. The molecule has 9 nitrogen and oxygen atoms in total. The molecule has 1 aliphatic heterocycles. The zero-order chi connectivity index (χ0) is 25.0. The summed E-state index contributed by atoms with van der Waals surface area (Å²) in [6, 6.07) is 13.9. The molecule has 5 rings (SSSR count). The van der Waals surface area contributed by atoms with Crippen LogP contribution in [-0.4, -0.2) is 39.8 Å². The standard InChI is InChI=1S/C25H26N4O5S/c1-25(2)15-21-23(22(30)16-25)24(26-28(21)17-7-4-3-5-8-17)20-9-6-14-27(20)35(33,34)19-12-10-18(11-13-19)29(31)32/h3-5,7-8,10-13,20H,6,9,14-16H2,1-2H3/t20-/m0/s1. The summed E-state index contributed by atoms with van der Waals surface area (Å²) in [6.07, 6.45) is 2.19. The van der Waals surface area contributed by atoms with Crippen molar-refractivity contribution in [3.8, 4) is 5.69 Å². The van der Waals surface area contributed by atoms with Gasteiger partial charge in [-0.3, -0.25) is 14.9 Å². The number of rotatable bonds is 5. The summed E-state index contributed by atoms with van der Waals surface area (Å²) in [4.78, 5) is 23.8. The average Bonchev–Trinajstić information content (AvgIpc) is 3.44. The normalized spacial score (nSPS) is 20.1. The summed E-state index contributed by atoms with van der Waals surface area (Å²) < 4.78 is 30.3. The number of Topliss-reactive ketones (excluding diaryl/α,β-unsaturated/α-hetero) is 1. The van der Waals surface area contributed by atoms with E-state index in [2.05, 4.69) is 13.8 Å². The number of hydrogen-bond acceptors (Lipinski definition) is 6. The van der Waals surface area contributed by atoms with Crippen molar-refractivity contribution >= 4 is 21.5 Å². The maximum atomic E-state index is 13.6. The van der Waals surface area contributed by atoms with Crippen LogP contribution in [0.4, 0.5) is 5.69 Å². The molecule has 1 fully saturated rings. The number of benzene rings is 2. The number of para-hydroxylation sites is 1. The number of carbonyl (C=O) groups excluding carboxylic acids is 1. The van der Waals surface area contributed by atoms with Crippen LogP contribution in [0.15, 0.2) is 59.5 Å². The van der Waals surface area contributed by atoms with Gasteiger partial charge in [0, 0.05) is 25.1 Å². The maximum Gasteiger partial charge on any atom is 0.269 e. The molecule has 0 spiro atoms. The van der Waals surface area contributed by atoms with Gasteiger partial charge in [0.2, 0.25) is 10.0 Å². The summed E-state index contributed by atoms with van der Waals surface area (Å²) in [7, 11) is -3.95. The first kappa shape index (κ1) is 23.4. The van der Waals surface area contributed by atoms with Crippen molar-refractivity contribution in [3.63, 3.8) is 0 Å². The molecule has 1 saturated heterocycles. The Labute approximate surface area is 203 Å². The first-order valence-corrected chi connectivity index (χ1v) is 13.0. The van der Waals surface area contributed by atoms with Gasteiger partial charge in [-0.05, 0) is 48.9 Å². The Morgan fingerprint density at radius 2 is 1.74 bits per heavy atom. The fraction of sp³-hybridized carbons (Fsp3) is 0.360. The Hall–Kier alpha value is -3.37. The smallest absolute Gasteiger partial charge is 0.269 e. The minimum atomic E-state index is -3.95. The second-order valence-corrected chi connectivity index (χ2v) is 11.8. The number of nitrogens with zero attached hydrogens (tertiary/aromatic N) is 4. The maximum absolute atomic E-state index is 13.6. The lowest BCUT2D eigenvalue weighted by atomic mass is 9.75. The molecule has 1 aliphatic carbocycles. The van der Waals surface area contributed by atoms with Crippen molar-refractivity contribution in [2.75, 3.05) is 6.54 Å². The molecule has 0 radical (unpaired) electrons. The second kappa shape index (κ2) is 8.39. The van der Waals surface area contributed by atoms with E-state index >= 15 is 0 Å². The third kappa shape index (κ3) is 4.06. The molecule has 2 heterocycles. The Bertz CT molecular complexity index is 1410. The number of non-ortho nitro benzene ring substituents is 1. The monoisotopic (exact) mass is 494 g/mol. The van der Waals surface area contributed by atoms with Crippen molar-refractivity contribution < 1.29 is 18.1 Å². The fourth-order valence-corrected chi connectivity index (χ4v) is 6.83. The van der Waals surface area contributed by atoms with Crippen LogP contribution in [0, 0.1) is 15.5 Å². The van der Waals surface area contributed by atoms with Crippen molar-refractivity contribution in [3.05, 3.63) is 81.7 Å². The Morgan fingerprint density at radius 3 is 2.40 bits per heavy atom. The lowest BCUT2D eigenvalue weighted by molar-refractivity contribution is -0.384. The topological polar surface area (TPSA) is 115 Å². The highest BCUT2D eigenvalue weighted by Gasteiger charge is 2.43. The van der Waals surface area contributed by atoms with Crippen LogP contribution < -0.4 is 0 Å². The summed E-state index contributed by atoms with van der Waals surface area (Å²) in [5.74, 6) is -0.0204. The van der Waals surface area contributed by atoms with E-state index in [1.807, 2.05) is 30.3 Å². The number of carbonyl (C=O) groups is 1. The Kier molecular flexibility index (Phi) is 5.60. The number of ketones is 1. The van der Waals surface area contributed by atoms with E-state index in [0.717, 1.165) is 11.4 Å². The largest absolute Gasteiger partial charge is 0.294 e. The molecule has 0 saturated carbocycles. The zero-order valence-electron chi connectivity index (χ0n) is 19.5. The molecule has 2 aromatic carbocycles. The van der Waals surface area contributed by atoms with Crippen molar-refractivity contribution in [2.24, 2.45) is 5.41 Å². The van der Waals surface area contributed by atoms with E-state index in [1.165, 1.54) is 28.6 Å². The molecule has 3 aromatic rings. The molecule has 0 N–H and O–H groups in total. The first-order chi connectivity index (χ1) is 16.6. The number of nitro benzene ring substituents is 1. The van der Waals surface area contributed by atoms with Gasteiger partial charge in [-0.1, -0.05) is 32.0 Å². The average molecular weight is 495 g/mol. The van der Waals surface area contributed by atoms with Gasteiger partial charge < -0.3 is 0 Å². The molecular formula is C25H26N4O5S. The number of fused-ring (bicyclic) bond motifs is 1. The third-order valence-corrected chi connectivity index (χ3v) is 8.67. The third-order valence-electron chi connectivity index (χ3n) is 6.75. The van der Waals surface area contributed by atoms with E-state index in [4.69, 9.17) is 5.10 Å². The van der Waals surface area contributed by atoms with Gasteiger partial charge in [0.15, 0.2) is 5.78 Å². The van der Waals surface area contributed by atoms with Crippen LogP contribution in [0.25, 0.3) is 5.69 Å². The quantitative estimate of drug-likeness (QED) is 0.382. The summed E-state index contributed by atoms with van der Waals surface area (Å²) >= 11 is 0. The predicted molar refractivity (Wildman–Crippen MR) is 129 cm³/mol. The second-order valence-electron chi connectivity index (χ2n) is 9.92. The summed E-state index contributed by atoms with van der Waals surface area (Å²) in [5.41, 5.74) is 2.26. The minimum absolute atomic E-state index is 0.0150. The van der Waals surface area contributed by atoms with Gasteiger partial charge in [-0.15, -0.1) is 0 Å². The van der Waals surface area contributed by atoms with E-state index < -0.39 is 21.0 Å². The highest BCUT2D eigenvalue weighted by molar-refractivity contribution is 7.89. The van der Waals surface area contributed by atoms with Gasteiger partial charge >= 0.3 is 0 Å². The van der Waals surface area contributed by atoms with Gasteiger partial charge in [-0.2, -0.15) is 9.40 Å². The number of aromatic nitrogens is 2. The Morgan fingerprint density at radius 1 is 1.06 bits per heavy atom. The number of sulfonamides is 1. The van der Waals surface area contributed by atoms with Crippen molar-refractivity contribution in [1.29, 1.82) is 0 Å². The lowest BCUT2D eigenvalue weighted by Crippen LogP contribution is -2.33. The molecule has 10 heteroatoms. The van der Waals surface area contributed by atoms with Crippen LogP contribution in [0.2, 0.25) is 0 Å². The van der Waals surface area contributed by atoms with E-state index in [-0.39, 0.29) is 28.3 Å². The van der Waals surface area contributed by atoms with Crippen LogP contribution in [0.1, 0.15) is 60.9 Å². The number of hydrogen-bond donors (Lipinski definition) is 0. The highest BCUT2D eigenvalue weighted by atomic mass is 32.2. The Balaban J connectivity index is 1.61. The molecule has 2 aliphatic rings. The van der Waals surface area contributed by atoms with E-state index in [0.29, 0.717) is 36.9 Å². The van der Waals surface area contributed by atoms with Gasteiger partial charge in [0.05, 0.1) is 38.5 Å². The minimum Gasteiger partial charge on any atom is -0.294 e. The van der Waals surface area contributed by atoms with Crippen molar-refractivity contribution in [2.45, 2.75) is 50.5 Å². The summed E-state index contributed by atoms with van der Waals surface area (Å²) in [6.45, 7) is 4.39. The van der Waals surface area contributed by atoms with Crippen LogP contribution in [0.5, 0.6) is 0 Å². The van der Waals surface area contributed by atoms with E-state index in [9.17, 15) is 23.3 Å². The zero-order valence-corrected chi connectivity index (χ0v) is 20.4. The number of nitro groups is 1. The van der Waals surface area contributed by atoms with Gasteiger partial charge in [-0.25, -0.2) is 13.1 Å². The molecule has 182 valence electrons. The molecular weight excluding hydrogens is 468 g/mol. The SMILES string of the molecule is CC1(C)CC(=O)c2c([C@@H]3CCCN3S(=O)(=O)c3ccc([N+](=O)[O-])cc3)nn(-c3ccccc3)c2C1. The molecule has 0 bridgehead atoms. The molecule has 0 amide bonds. The fourth-order valence-electron chi connectivity index (χ4n) is 5.17. The van der Waals surface area contributed by atoms with Gasteiger partial charge in [0.25, 0.3) is 5.69 Å². The van der Waals surface area contributed by atoms with Gasteiger partial charge in [0.1, 0.15) is 0 Å².